The second-order valence-electron chi connectivity index (χ2n) is 6.22. The molecule has 2 fully saturated rings. The van der Waals surface area contributed by atoms with E-state index in [0.29, 0.717) is 0 Å². The zero-order chi connectivity index (χ0) is 12.1. The lowest BCUT2D eigenvalue weighted by molar-refractivity contribution is 0.0966. The maximum absolute atomic E-state index is 5.88. The van der Waals surface area contributed by atoms with Crippen LogP contribution in [-0.4, -0.2) is 31.1 Å². The van der Waals surface area contributed by atoms with Crippen molar-refractivity contribution in [3.63, 3.8) is 0 Å². The summed E-state index contributed by atoms with van der Waals surface area (Å²) < 4.78 is 0. The fourth-order valence-electron chi connectivity index (χ4n) is 3.83. The number of hydrogen-bond acceptors (Lipinski definition) is 2. The van der Waals surface area contributed by atoms with Crippen LogP contribution in [0.5, 0.6) is 0 Å². The maximum atomic E-state index is 5.88. The highest BCUT2D eigenvalue weighted by Crippen LogP contribution is 2.29. The van der Waals surface area contributed by atoms with Crippen LogP contribution in [0.25, 0.3) is 0 Å². The average molecular weight is 238 g/mol. The van der Waals surface area contributed by atoms with Gasteiger partial charge in [-0.25, -0.2) is 0 Å². The molecule has 1 heterocycles. The van der Waals surface area contributed by atoms with Gasteiger partial charge in [0.05, 0.1) is 0 Å². The molecule has 2 unspecified atom stereocenters. The molecule has 1 saturated carbocycles. The van der Waals surface area contributed by atoms with Crippen molar-refractivity contribution in [2.45, 2.75) is 51.9 Å². The first-order valence-electron chi connectivity index (χ1n) is 7.76. The summed E-state index contributed by atoms with van der Waals surface area (Å²) in [6.07, 6.45) is 10.0. The van der Waals surface area contributed by atoms with Gasteiger partial charge in [0.2, 0.25) is 0 Å². The first-order chi connectivity index (χ1) is 8.33. The van der Waals surface area contributed by atoms with Crippen LogP contribution in [0.15, 0.2) is 0 Å². The molecule has 2 atom stereocenters. The number of nitrogens with two attached hydrogens (primary N) is 1. The van der Waals surface area contributed by atoms with Crippen LogP contribution >= 0.6 is 0 Å². The molecule has 17 heavy (non-hydrogen) atoms. The molecular weight excluding hydrogens is 208 g/mol. The highest BCUT2D eigenvalue weighted by atomic mass is 15.1. The Balaban J connectivity index is 1.78. The summed E-state index contributed by atoms with van der Waals surface area (Å²) in [5.41, 5.74) is 5.88. The molecule has 2 aliphatic rings. The van der Waals surface area contributed by atoms with Gasteiger partial charge in [-0.1, -0.05) is 32.6 Å². The molecule has 0 aromatic heterocycles. The van der Waals surface area contributed by atoms with Crippen molar-refractivity contribution in [1.29, 1.82) is 0 Å². The number of piperidine rings is 1. The Bertz CT molecular complexity index is 209. The predicted molar refractivity (Wildman–Crippen MR) is 74.0 cm³/mol. The smallest absolute Gasteiger partial charge is 0.00128 e. The van der Waals surface area contributed by atoms with Crippen molar-refractivity contribution in [1.82, 2.24) is 4.90 Å². The zero-order valence-electron chi connectivity index (χ0n) is 11.5. The van der Waals surface area contributed by atoms with Gasteiger partial charge in [-0.3, -0.25) is 0 Å². The third kappa shape index (κ3) is 3.69. The minimum Gasteiger partial charge on any atom is -0.330 e. The standard InChI is InChI=1S/C15H30N2/c1-2-14-12-17(9-8-15(14)10-16)11-13-6-4-3-5-7-13/h13-15H,2-12,16H2,1H3. The van der Waals surface area contributed by atoms with Gasteiger partial charge < -0.3 is 10.6 Å². The fraction of sp³-hybridized carbons (Fsp3) is 1.00. The molecule has 0 spiro atoms. The van der Waals surface area contributed by atoms with Crippen LogP contribution in [0.4, 0.5) is 0 Å². The Hall–Kier alpha value is -0.0800. The van der Waals surface area contributed by atoms with Gasteiger partial charge in [-0.2, -0.15) is 0 Å². The van der Waals surface area contributed by atoms with E-state index in [-0.39, 0.29) is 0 Å². The molecule has 0 aromatic rings. The molecule has 1 aliphatic carbocycles. The van der Waals surface area contributed by atoms with Crippen molar-refractivity contribution in [2.75, 3.05) is 26.2 Å². The minimum absolute atomic E-state index is 0.794. The highest BCUT2D eigenvalue weighted by Gasteiger charge is 2.28. The van der Waals surface area contributed by atoms with Gasteiger partial charge in [-0.05, 0) is 50.1 Å². The molecule has 0 aromatic carbocycles. The Morgan fingerprint density at radius 3 is 2.47 bits per heavy atom. The lowest BCUT2D eigenvalue weighted by Gasteiger charge is -2.40. The third-order valence-corrected chi connectivity index (χ3v) is 5.04. The topological polar surface area (TPSA) is 29.3 Å². The van der Waals surface area contributed by atoms with Gasteiger partial charge >= 0.3 is 0 Å². The first kappa shape index (κ1) is 13.4. The molecule has 1 aliphatic heterocycles. The van der Waals surface area contributed by atoms with Crippen LogP contribution < -0.4 is 5.73 Å². The van der Waals surface area contributed by atoms with Crippen LogP contribution in [0, 0.1) is 17.8 Å². The molecule has 0 bridgehead atoms. The Morgan fingerprint density at radius 1 is 1.06 bits per heavy atom. The molecule has 0 amide bonds. The van der Waals surface area contributed by atoms with Gasteiger partial charge in [0, 0.05) is 13.1 Å². The predicted octanol–water partition coefficient (Wildman–Crippen LogP) is 2.87. The minimum atomic E-state index is 0.794. The van der Waals surface area contributed by atoms with E-state index in [0.717, 1.165) is 24.3 Å². The van der Waals surface area contributed by atoms with Gasteiger partial charge in [0.25, 0.3) is 0 Å². The lowest BCUT2D eigenvalue weighted by Crippen LogP contribution is -2.44. The number of nitrogens with zero attached hydrogens (tertiary/aromatic N) is 1. The number of likely N-dealkylation sites (tertiary alicyclic amines) is 1. The van der Waals surface area contributed by atoms with E-state index in [9.17, 15) is 0 Å². The molecular formula is C15H30N2. The first-order valence-corrected chi connectivity index (χ1v) is 7.76. The number of rotatable bonds is 4. The SMILES string of the molecule is CCC1CN(CC2CCCCC2)CCC1CN. The van der Waals surface area contributed by atoms with Crippen molar-refractivity contribution in [3.8, 4) is 0 Å². The van der Waals surface area contributed by atoms with Crippen LogP contribution in [0.2, 0.25) is 0 Å². The van der Waals surface area contributed by atoms with E-state index >= 15 is 0 Å². The summed E-state index contributed by atoms with van der Waals surface area (Å²) in [7, 11) is 0. The van der Waals surface area contributed by atoms with Crippen LogP contribution in [-0.2, 0) is 0 Å². The summed E-state index contributed by atoms with van der Waals surface area (Å²) in [6, 6.07) is 0. The molecule has 100 valence electrons. The van der Waals surface area contributed by atoms with Crippen LogP contribution in [0.1, 0.15) is 51.9 Å². The van der Waals surface area contributed by atoms with Crippen molar-refractivity contribution in [2.24, 2.45) is 23.5 Å². The normalized spacial score (nSPS) is 32.8. The average Bonchev–Trinajstić information content (AvgIpc) is 2.40. The van der Waals surface area contributed by atoms with E-state index in [4.69, 9.17) is 5.73 Å². The monoisotopic (exact) mass is 238 g/mol. The van der Waals surface area contributed by atoms with Gasteiger partial charge in [0.15, 0.2) is 0 Å². The van der Waals surface area contributed by atoms with Crippen molar-refractivity contribution < 1.29 is 0 Å². The summed E-state index contributed by atoms with van der Waals surface area (Å²) in [6.45, 7) is 7.21. The van der Waals surface area contributed by atoms with E-state index in [2.05, 4.69) is 11.8 Å². The third-order valence-electron chi connectivity index (χ3n) is 5.04. The largest absolute Gasteiger partial charge is 0.330 e. The zero-order valence-corrected chi connectivity index (χ0v) is 11.5. The van der Waals surface area contributed by atoms with Crippen LogP contribution in [0.3, 0.4) is 0 Å². The molecule has 1 saturated heterocycles. The summed E-state index contributed by atoms with van der Waals surface area (Å²) in [5.74, 6) is 2.65. The molecule has 2 rings (SSSR count). The second-order valence-corrected chi connectivity index (χ2v) is 6.22. The van der Waals surface area contributed by atoms with E-state index in [1.54, 1.807) is 0 Å². The Kier molecular flexibility index (Phi) is 5.30. The maximum Gasteiger partial charge on any atom is 0.00128 e. The highest BCUT2D eigenvalue weighted by molar-refractivity contribution is 4.82. The van der Waals surface area contributed by atoms with E-state index < -0.39 is 0 Å². The van der Waals surface area contributed by atoms with Crippen molar-refractivity contribution >= 4 is 0 Å². The lowest BCUT2D eigenvalue weighted by atomic mass is 9.82. The molecule has 2 N–H and O–H groups in total. The Labute approximate surface area is 107 Å². The quantitative estimate of drug-likeness (QED) is 0.816. The molecule has 2 heteroatoms. The summed E-state index contributed by atoms with van der Waals surface area (Å²) >= 11 is 0. The van der Waals surface area contributed by atoms with E-state index in [1.807, 2.05) is 0 Å². The number of hydrogen-bond donors (Lipinski definition) is 1. The van der Waals surface area contributed by atoms with Gasteiger partial charge in [0.1, 0.15) is 0 Å². The summed E-state index contributed by atoms with van der Waals surface area (Å²) in [4.78, 5) is 2.73. The summed E-state index contributed by atoms with van der Waals surface area (Å²) in [5, 5.41) is 0. The Morgan fingerprint density at radius 2 is 1.82 bits per heavy atom. The van der Waals surface area contributed by atoms with E-state index in [1.165, 1.54) is 64.6 Å². The second kappa shape index (κ2) is 6.75. The molecule has 0 radical (unpaired) electrons. The molecule has 2 nitrogen and oxygen atoms in total. The van der Waals surface area contributed by atoms with Gasteiger partial charge in [-0.15, -0.1) is 0 Å². The fourth-order valence-corrected chi connectivity index (χ4v) is 3.83. The van der Waals surface area contributed by atoms with Crippen molar-refractivity contribution in [3.05, 3.63) is 0 Å².